The number of nitrogens with two attached hydrogens (primary N) is 2. The van der Waals surface area contributed by atoms with Gasteiger partial charge in [-0.25, -0.2) is 4.98 Å². The lowest BCUT2D eigenvalue weighted by atomic mass is 10.2. The first-order chi connectivity index (χ1) is 8.49. The van der Waals surface area contributed by atoms with Gasteiger partial charge in [0.25, 0.3) is 5.91 Å². The monoisotopic (exact) mass is 246 g/mol. The Hall–Kier alpha value is -2.37. The third-order valence-corrected chi connectivity index (χ3v) is 2.71. The minimum absolute atomic E-state index is 0.139. The fraction of sp³-hybridized carbons (Fsp3) is 0.250. The second kappa shape index (κ2) is 4.48. The number of imidazole rings is 1. The summed E-state index contributed by atoms with van der Waals surface area (Å²) < 4.78 is 1.63. The molecule has 0 aliphatic carbocycles. The predicted molar refractivity (Wildman–Crippen MR) is 66.8 cm³/mol. The summed E-state index contributed by atoms with van der Waals surface area (Å²) in [7, 11) is 0. The molecule has 1 heterocycles. The van der Waals surface area contributed by atoms with E-state index in [2.05, 4.69) is 4.98 Å². The molecule has 1 aromatic carbocycles. The lowest BCUT2D eigenvalue weighted by molar-refractivity contribution is -0.118. The maximum atomic E-state index is 11.3. The van der Waals surface area contributed by atoms with Gasteiger partial charge in [-0.2, -0.15) is 0 Å². The number of benzene rings is 1. The Morgan fingerprint density at radius 2 is 2.06 bits per heavy atom. The molecule has 6 heteroatoms. The number of primary amides is 2. The van der Waals surface area contributed by atoms with Gasteiger partial charge in [0.05, 0.1) is 11.0 Å². The largest absolute Gasteiger partial charge is 0.370 e. The number of amides is 2. The number of rotatable bonds is 4. The zero-order valence-corrected chi connectivity index (χ0v) is 10.0. The molecule has 0 saturated heterocycles. The van der Waals surface area contributed by atoms with E-state index in [0.717, 1.165) is 11.1 Å². The first-order valence-corrected chi connectivity index (χ1v) is 5.54. The number of aryl methyl sites for hydroxylation is 2. The number of carbonyl (C=O) groups is 2. The van der Waals surface area contributed by atoms with E-state index >= 15 is 0 Å². The van der Waals surface area contributed by atoms with Gasteiger partial charge >= 0.3 is 0 Å². The molecule has 2 amide bonds. The van der Waals surface area contributed by atoms with Crippen LogP contribution >= 0.6 is 0 Å². The Labute approximate surface area is 104 Å². The number of aromatic nitrogens is 2. The van der Waals surface area contributed by atoms with Crippen molar-refractivity contribution in [2.45, 2.75) is 19.9 Å². The van der Waals surface area contributed by atoms with Crippen molar-refractivity contribution in [3.63, 3.8) is 0 Å². The summed E-state index contributed by atoms with van der Waals surface area (Å²) in [5.74, 6) is -0.899. The van der Waals surface area contributed by atoms with Crippen molar-refractivity contribution in [2.75, 3.05) is 0 Å². The fourth-order valence-electron chi connectivity index (χ4n) is 1.88. The first-order valence-electron chi connectivity index (χ1n) is 5.54. The SMILES string of the molecule is Cc1ccc2c(c1)nc(C(N)=O)n2CCC(N)=O. The molecule has 0 aliphatic heterocycles. The van der Waals surface area contributed by atoms with Gasteiger partial charge in [0.1, 0.15) is 0 Å². The van der Waals surface area contributed by atoms with E-state index in [1.807, 2.05) is 25.1 Å². The van der Waals surface area contributed by atoms with Crippen LogP contribution in [0.3, 0.4) is 0 Å². The van der Waals surface area contributed by atoms with Gasteiger partial charge in [-0.1, -0.05) is 6.07 Å². The summed E-state index contributed by atoms with van der Waals surface area (Å²) in [4.78, 5) is 26.4. The molecule has 0 bridgehead atoms. The van der Waals surface area contributed by atoms with Crippen LogP contribution in [0.4, 0.5) is 0 Å². The zero-order valence-electron chi connectivity index (χ0n) is 10.0. The smallest absolute Gasteiger partial charge is 0.284 e. The molecule has 0 unspecified atom stereocenters. The van der Waals surface area contributed by atoms with E-state index in [-0.39, 0.29) is 12.2 Å². The van der Waals surface area contributed by atoms with Crippen molar-refractivity contribution >= 4 is 22.8 Å². The Bertz CT molecular complexity index is 630. The molecule has 18 heavy (non-hydrogen) atoms. The molecular weight excluding hydrogens is 232 g/mol. The Morgan fingerprint density at radius 1 is 1.33 bits per heavy atom. The van der Waals surface area contributed by atoms with Gasteiger partial charge in [-0.15, -0.1) is 0 Å². The molecule has 6 nitrogen and oxygen atoms in total. The Morgan fingerprint density at radius 3 is 2.67 bits per heavy atom. The van der Waals surface area contributed by atoms with Crippen molar-refractivity contribution in [2.24, 2.45) is 11.5 Å². The number of hydrogen-bond acceptors (Lipinski definition) is 3. The molecule has 0 aliphatic rings. The van der Waals surface area contributed by atoms with Crippen LogP contribution in [0.2, 0.25) is 0 Å². The van der Waals surface area contributed by atoms with Crippen molar-refractivity contribution < 1.29 is 9.59 Å². The van der Waals surface area contributed by atoms with Gasteiger partial charge in [-0.05, 0) is 24.6 Å². The van der Waals surface area contributed by atoms with Crippen LogP contribution in [0.15, 0.2) is 18.2 Å². The highest BCUT2D eigenvalue weighted by Gasteiger charge is 2.15. The molecule has 0 atom stereocenters. The van der Waals surface area contributed by atoms with Crippen LogP contribution in [-0.4, -0.2) is 21.4 Å². The molecule has 0 saturated carbocycles. The van der Waals surface area contributed by atoms with Crippen LogP contribution in [0.5, 0.6) is 0 Å². The second-order valence-electron chi connectivity index (χ2n) is 4.16. The van der Waals surface area contributed by atoms with Gasteiger partial charge in [-0.3, -0.25) is 9.59 Å². The number of hydrogen-bond donors (Lipinski definition) is 2. The minimum atomic E-state index is -0.617. The normalized spacial score (nSPS) is 10.7. The van der Waals surface area contributed by atoms with E-state index < -0.39 is 11.8 Å². The molecule has 0 spiro atoms. The molecule has 2 rings (SSSR count). The van der Waals surface area contributed by atoms with Gasteiger partial charge in [0.2, 0.25) is 5.91 Å². The van der Waals surface area contributed by atoms with E-state index in [0.29, 0.717) is 12.1 Å². The summed E-state index contributed by atoms with van der Waals surface area (Å²) in [5, 5.41) is 0. The van der Waals surface area contributed by atoms with Crippen LogP contribution in [0, 0.1) is 6.92 Å². The highest BCUT2D eigenvalue weighted by molar-refractivity contribution is 5.93. The molecule has 2 aromatic rings. The molecular formula is C12H14N4O2. The summed E-state index contributed by atoms with van der Waals surface area (Å²) >= 11 is 0. The van der Waals surface area contributed by atoms with Crippen molar-refractivity contribution in [3.05, 3.63) is 29.6 Å². The van der Waals surface area contributed by atoms with E-state index in [9.17, 15) is 9.59 Å². The van der Waals surface area contributed by atoms with E-state index in [1.54, 1.807) is 4.57 Å². The zero-order chi connectivity index (χ0) is 13.3. The van der Waals surface area contributed by atoms with Crippen molar-refractivity contribution in [3.8, 4) is 0 Å². The molecule has 0 radical (unpaired) electrons. The summed E-state index contributed by atoms with van der Waals surface area (Å²) in [6.07, 6.45) is 0.139. The fourth-order valence-corrected chi connectivity index (χ4v) is 1.88. The minimum Gasteiger partial charge on any atom is -0.370 e. The van der Waals surface area contributed by atoms with Crippen LogP contribution < -0.4 is 11.5 Å². The number of carbonyl (C=O) groups excluding carboxylic acids is 2. The van der Waals surface area contributed by atoms with Crippen molar-refractivity contribution in [1.82, 2.24) is 9.55 Å². The molecule has 1 aromatic heterocycles. The van der Waals surface area contributed by atoms with E-state index in [1.165, 1.54) is 0 Å². The quantitative estimate of drug-likeness (QED) is 0.811. The van der Waals surface area contributed by atoms with Gasteiger partial charge in [0, 0.05) is 13.0 Å². The van der Waals surface area contributed by atoms with Crippen molar-refractivity contribution in [1.29, 1.82) is 0 Å². The second-order valence-corrected chi connectivity index (χ2v) is 4.16. The van der Waals surface area contributed by atoms with Crippen LogP contribution in [0.1, 0.15) is 22.6 Å². The van der Waals surface area contributed by atoms with E-state index in [4.69, 9.17) is 11.5 Å². The third kappa shape index (κ3) is 2.17. The predicted octanol–water partition coefficient (Wildman–Crippen LogP) is 0.319. The maximum absolute atomic E-state index is 11.3. The van der Waals surface area contributed by atoms with Gasteiger partial charge < -0.3 is 16.0 Å². The lowest BCUT2D eigenvalue weighted by Gasteiger charge is -2.05. The highest BCUT2D eigenvalue weighted by Crippen LogP contribution is 2.18. The standard InChI is InChI=1S/C12H14N4O2/c1-7-2-3-9-8(6-7)15-12(11(14)18)16(9)5-4-10(13)17/h2-3,6H,4-5H2,1H3,(H2,13,17)(H2,14,18). The Balaban J connectivity index is 2.55. The topological polar surface area (TPSA) is 104 Å². The highest BCUT2D eigenvalue weighted by atomic mass is 16.1. The van der Waals surface area contributed by atoms with Crippen LogP contribution in [0.25, 0.3) is 11.0 Å². The lowest BCUT2D eigenvalue weighted by Crippen LogP contribution is -2.20. The number of nitrogens with zero attached hydrogens (tertiary/aromatic N) is 2. The summed E-state index contributed by atoms with van der Waals surface area (Å²) in [5.41, 5.74) is 12.9. The first kappa shape index (κ1) is 12.1. The summed E-state index contributed by atoms with van der Waals surface area (Å²) in [6, 6.07) is 5.63. The third-order valence-electron chi connectivity index (χ3n) is 2.71. The molecule has 94 valence electrons. The number of fused-ring (bicyclic) bond motifs is 1. The molecule has 0 fully saturated rings. The van der Waals surface area contributed by atoms with Gasteiger partial charge in [0.15, 0.2) is 5.82 Å². The Kier molecular flexibility index (Phi) is 3.01. The summed E-state index contributed by atoms with van der Waals surface area (Å²) in [6.45, 7) is 2.24. The van der Waals surface area contributed by atoms with Crippen LogP contribution in [-0.2, 0) is 11.3 Å². The molecule has 4 N–H and O–H groups in total. The maximum Gasteiger partial charge on any atom is 0.284 e. The average Bonchev–Trinajstić information content (AvgIpc) is 2.64. The average molecular weight is 246 g/mol.